The molecule has 2 aromatic rings. The van der Waals surface area contributed by atoms with Crippen LogP contribution < -0.4 is 16.2 Å². The third kappa shape index (κ3) is 2.10. The summed E-state index contributed by atoms with van der Waals surface area (Å²) in [6.07, 6.45) is 3.22. The van der Waals surface area contributed by atoms with Crippen LogP contribution in [0.4, 0.5) is 11.8 Å². The van der Waals surface area contributed by atoms with Crippen LogP contribution in [0.5, 0.6) is 0 Å². The number of hydrogen-bond donors (Lipinski definition) is 2. The number of nitrogen functional groups attached to an aromatic ring is 1. The van der Waals surface area contributed by atoms with E-state index >= 15 is 0 Å². The lowest BCUT2D eigenvalue weighted by atomic mass is 10.1. The van der Waals surface area contributed by atoms with Crippen molar-refractivity contribution in [3.05, 3.63) is 34.9 Å². The first-order valence-corrected chi connectivity index (χ1v) is 5.07. The van der Waals surface area contributed by atoms with E-state index in [0.29, 0.717) is 17.1 Å². The quantitative estimate of drug-likeness (QED) is 0.784. The summed E-state index contributed by atoms with van der Waals surface area (Å²) < 4.78 is 0. The summed E-state index contributed by atoms with van der Waals surface area (Å²) in [5.41, 5.74) is 6.54. The standard InChI is InChI=1S/C11H13N5O/c1-16(2)11-14-9(12)8(10(17)15-11)7-4-3-5-13-6-7/h3-6H,1-2H3,(H3,12,14,15,17). The number of H-pyrrole nitrogens is 1. The van der Waals surface area contributed by atoms with Gasteiger partial charge in [-0.3, -0.25) is 14.8 Å². The molecular formula is C11H13N5O. The molecule has 0 aromatic carbocycles. The van der Waals surface area contributed by atoms with Crippen LogP contribution in [-0.2, 0) is 0 Å². The van der Waals surface area contributed by atoms with Crippen LogP contribution >= 0.6 is 0 Å². The van der Waals surface area contributed by atoms with Gasteiger partial charge in [0.1, 0.15) is 5.82 Å². The molecule has 88 valence electrons. The van der Waals surface area contributed by atoms with Gasteiger partial charge in [0.15, 0.2) is 0 Å². The zero-order valence-electron chi connectivity index (χ0n) is 9.64. The van der Waals surface area contributed by atoms with E-state index in [1.165, 1.54) is 0 Å². The lowest BCUT2D eigenvalue weighted by Gasteiger charge is -2.12. The Bertz CT molecular complexity index is 576. The van der Waals surface area contributed by atoms with Crippen LogP contribution in [0.25, 0.3) is 11.1 Å². The Morgan fingerprint density at radius 2 is 2.18 bits per heavy atom. The van der Waals surface area contributed by atoms with E-state index in [0.717, 1.165) is 0 Å². The van der Waals surface area contributed by atoms with Crippen molar-refractivity contribution >= 4 is 11.8 Å². The van der Waals surface area contributed by atoms with Crippen molar-refractivity contribution in [2.24, 2.45) is 0 Å². The van der Waals surface area contributed by atoms with E-state index in [9.17, 15) is 4.79 Å². The molecular weight excluding hydrogens is 218 g/mol. The number of rotatable bonds is 2. The first-order chi connectivity index (χ1) is 8.09. The summed E-state index contributed by atoms with van der Waals surface area (Å²) in [7, 11) is 3.56. The Kier molecular flexibility index (Phi) is 2.78. The summed E-state index contributed by atoms with van der Waals surface area (Å²) in [5, 5.41) is 0. The van der Waals surface area contributed by atoms with Crippen molar-refractivity contribution in [2.45, 2.75) is 0 Å². The fourth-order valence-corrected chi connectivity index (χ4v) is 1.48. The minimum atomic E-state index is -0.269. The number of nitrogens with one attached hydrogen (secondary N) is 1. The second kappa shape index (κ2) is 4.25. The van der Waals surface area contributed by atoms with Gasteiger partial charge < -0.3 is 10.6 Å². The maximum absolute atomic E-state index is 11.9. The molecule has 6 heteroatoms. The molecule has 17 heavy (non-hydrogen) atoms. The van der Waals surface area contributed by atoms with E-state index in [4.69, 9.17) is 5.73 Å². The van der Waals surface area contributed by atoms with Crippen molar-refractivity contribution in [3.63, 3.8) is 0 Å². The first kappa shape index (κ1) is 11.1. The molecule has 0 radical (unpaired) electrons. The maximum Gasteiger partial charge on any atom is 0.262 e. The predicted molar refractivity (Wildman–Crippen MR) is 66.8 cm³/mol. The molecule has 0 fully saturated rings. The zero-order valence-corrected chi connectivity index (χ0v) is 9.64. The van der Waals surface area contributed by atoms with E-state index < -0.39 is 0 Å². The van der Waals surface area contributed by atoms with Crippen molar-refractivity contribution in [1.82, 2.24) is 15.0 Å². The first-order valence-electron chi connectivity index (χ1n) is 5.07. The number of hydrogen-bond acceptors (Lipinski definition) is 5. The van der Waals surface area contributed by atoms with Crippen molar-refractivity contribution in [2.75, 3.05) is 24.7 Å². The SMILES string of the molecule is CN(C)c1nc(N)c(-c2cccnc2)c(=O)[nH]1. The van der Waals surface area contributed by atoms with Crippen LogP contribution in [-0.4, -0.2) is 29.0 Å². The molecule has 0 spiro atoms. The molecule has 0 atom stereocenters. The molecule has 0 bridgehead atoms. The van der Waals surface area contributed by atoms with Gasteiger partial charge in [0.05, 0.1) is 5.56 Å². The number of aromatic amines is 1. The van der Waals surface area contributed by atoms with Crippen LogP contribution in [0, 0.1) is 0 Å². The lowest BCUT2D eigenvalue weighted by molar-refractivity contribution is 0.987. The van der Waals surface area contributed by atoms with Gasteiger partial charge in [-0.2, -0.15) is 4.98 Å². The number of nitrogens with two attached hydrogens (primary N) is 1. The molecule has 3 N–H and O–H groups in total. The Hall–Kier alpha value is -2.37. The molecule has 0 aliphatic rings. The van der Waals surface area contributed by atoms with Crippen LogP contribution in [0.15, 0.2) is 29.3 Å². The van der Waals surface area contributed by atoms with Crippen molar-refractivity contribution < 1.29 is 0 Å². The molecule has 0 aliphatic carbocycles. The molecule has 2 rings (SSSR count). The van der Waals surface area contributed by atoms with Gasteiger partial charge in [-0.25, -0.2) is 0 Å². The van der Waals surface area contributed by atoms with E-state index in [1.807, 2.05) is 0 Å². The summed E-state index contributed by atoms with van der Waals surface area (Å²) in [6.45, 7) is 0. The smallest absolute Gasteiger partial charge is 0.262 e. The summed E-state index contributed by atoms with van der Waals surface area (Å²) in [4.78, 5) is 24.4. The predicted octanol–water partition coefficient (Wildman–Crippen LogP) is 0.480. The fraction of sp³-hybridized carbons (Fsp3) is 0.182. The Morgan fingerprint density at radius 1 is 1.41 bits per heavy atom. The highest BCUT2D eigenvalue weighted by atomic mass is 16.1. The van der Waals surface area contributed by atoms with E-state index in [-0.39, 0.29) is 11.4 Å². The van der Waals surface area contributed by atoms with Crippen molar-refractivity contribution in [3.8, 4) is 11.1 Å². The lowest BCUT2D eigenvalue weighted by Crippen LogP contribution is -2.21. The van der Waals surface area contributed by atoms with Gasteiger partial charge in [0.2, 0.25) is 5.95 Å². The van der Waals surface area contributed by atoms with Crippen LogP contribution in [0.1, 0.15) is 0 Å². The normalized spacial score (nSPS) is 10.2. The third-order valence-corrected chi connectivity index (χ3v) is 2.31. The van der Waals surface area contributed by atoms with Crippen LogP contribution in [0.2, 0.25) is 0 Å². The zero-order chi connectivity index (χ0) is 12.4. The minimum absolute atomic E-state index is 0.199. The van der Waals surface area contributed by atoms with Gasteiger partial charge in [0.25, 0.3) is 5.56 Å². The van der Waals surface area contributed by atoms with Gasteiger partial charge in [-0.15, -0.1) is 0 Å². The Balaban J connectivity index is 2.61. The van der Waals surface area contributed by atoms with E-state index in [2.05, 4.69) is 15.0 Å². The number of aromatic nitrogens is 3. The highest BCUT2D eigenvalue weighted by molar-refractivity contribution is 5.72. The van der Waals surface area contributed by atoms with E-state index in [1.54, 1.807) is 43.5 Å². The number of anilines is 2. The highest BCUT2D eigenvalue weighted by Crippen LogP contribution is 2.19. The topological polar surface area (TPSA) is 87.9 Å². The largest absolute Gasteiger partial charge is 0.383 e. The average molecular weight is 231 g/mol. The fourth-order valence-electron chi connectivity index (χ4n) is 1.48. The van der Waals surface area contributed by atoms with Gasteiger partial charge in [-0.05, 0) is 6.07 Å². The van der Waals surface area contributed by atoms with Crippen LogP contribution in [0.3, 0.4) is 0 Å². The van der Waals surface area contributed by atoms with Gasteiger partial charge >= 0.3 is 0 Å². The number of pyridine rings is 1. The molecule has 0 unspecified atom stereocenters. The second-order valence-corrected chi connectivity index (χ2v) is 3.79. The second-order valence-electron chi connectivity index (χ2n) is 3.79. The summed E-state index contributed by atoms with van der Waals surface area (Å²) >= 11 is 0. The molecule has 6 nitrogen and oxygen atoms in total. The van der Waals surface area contributed by atoms with Gasteiger partial charge in [-0.1, -0.05) is 6.07 Å². The highest BCUT2D eigenvalue weighted by Gasteiger charge is 2.11. The average Bonchev–Trinajstić information content (AvgIpc) is 2.29. The van der Waals surface area contributed by atoms with Crippen molar-refractivity contribution in [1.29, 1.82) is 0 Å². The molecule has 0 saturated heterocycles. The maximum atomic E-state index is 11.9. The minimum Gasteiger partial charge on any atom is -0.383 e. The summed E-state index contributed by atoms with van der Waals surface area (Å²) in [6, 6.07) is 3.51. The monoisotopic (exact) mass is 231 g/mol. The molecule has 0 aliphatic heterocycles. The Morgan fingerprint density at radius 3 is 2.71 bits per heavy atom. The Labute approximate surface area is 98.1 Å². The van der Waals surface area contributed by atoms with Gasteiger partial charge in [0, 0.05) is 32.1 Å². The summed E-state index contributed by atoms with van der Waals surface area (Å²) in [5.74, 6) is 0.630. The molecule has 2 aromatic heterocycles. The molecule has 0 saturated carbocycles. The number of nitrogens with zero attached hydrogens (tertiary/aromatic N) is 3. The third-order valence-electron chi connectivity index (χ3n) is 2.31. The molecule has 0 amide bonds. The molecule has 2 heterocycles.